The fraction of sp³-hybridized carbons (Fsp3) is 0.688. The topological polar surface area (TPSA) is 23.6 Å². The minimum atomic E-state index is 0.246. The van der Waals surface area contributed by atoms with Crippen molar-refractivity contribution in [3.63, 3.8) is 0 Å². The first-order chi connectivity index (χ1) is 9.66. The van der Waals surface area contributed by atoms with E-state index in [9.17, 15) is 4.79 Å². The second-order valence-corrected chi connectivity index (χ2v) is 7.20. The molecule has 20 heavy (non-hydrogen) atoms. The second-order valence-electron chi connectivity index (χ2n) is 6.12. The van der Waals surface area contributed by atoms with Crippen LogP contribution in [0.2, 0.25) is 0 Å². The highest BCUT2D eigenvalue weighted by atomic mass is 32.1. The summed E-state index contributed by atoms with van der Waals surface area (Å²) < 4.78 is 0. The number of nitrogens with zero attached hydrogens (tertiary/aromatic N) is 2. The van der Waals surface area contributed by atoms with E-state index in [0.717, 1.165) is 25.1 Å². The van der Waals surface area contributed by atoms with E-state index in [1.807, 2.05) is 5.38 Å². The first-order valence-electron chi connectivity index (χ1n) is 7.75. The number of hydrogen-bond acceptors (Lipinski definition) is 3. The molecule has 0 aliphatic carbocycles. The molecule has 0 spiro atoms. The van der Waals surface area contributed by atoms with Crippen molar-refractivity contribution in [2.24, 2.45) is 0 Å². The Labute approximate surface area is 125 Å². The van der Waals surface area contributed by atoms with Crippen LogP contribution in [0.25, 0.3) is 0 Å². The molecule has 2 saturated heterocycles. The zero-order chi connectivity index (χ0) is 14.1. The summed E-state index contributed by atoms with van der Waals surface area (Å²) in [6, 6.07) is 0.593. The summed E-state index contributed by atoms with van der Waals surface area (Å²) in [5.41, 5.74) is 2.10. The van der Waals surface area contributed by atoms with Gasteiger partial charge in [0.25, 0.3) is 5.91 Å². The molecule has 2 aliphatic rings. The lowest BCUT2D eigenvalue weighted by Gasteiger charge is -2.37. The maximum absolute atomic E-state index is 12.7. The van der Waals surface area contributed by atoms with Crippen LogP contribution < -0.4 is 0 Å². The highest BCUT2D eigenvalue weighted by Gasteiger charge is 2.30. The summed E-state index contributed by atoms with van der Waals surface area (Å²) in [6.45, 7) is 8.47. The number of aryl methyl sites for hydroxylation is 1. The van der Waals surface area contributed by atoms with Crippen molar-refractivity contribution >= 4 is 17.2 Å². The molecule has 2 aliphatic heterocycles. The highest BCUT2D eigenvalue weighted by Crippen LogP contribution is 2.25. The van der Waals surface area contributed by atoms with Crippen LogP contribution in [0.5, 0.6) is 0 Å². The lowest BCUT2D eigenvalue weighted by Crippen LogP contribution is -2.49. The Kier molecular flexibility index (Phi) is 4.13. The van der Waals surface area contributed by atoms with Crippen molar-refractivity contribution in [3.8, 4) is 0 Å². The van der Waals surface area contributed by atoms with Crippen molar-refractivity contribution < 1.29 is 4.79 Å². The summed E-state index contributed by atoms with van der Waals surface area (Å²) in [7, 11) is 0. The molecule has 110 valence electrons. The van der Waals surface area contributed by atoms with Crippen molar-refractivity contribution in [3.05, 3.63) is 21.4 Å². The highest BCUT2D eigenvalue weighted by molar-refractivity contribution is 7.10. The van der Waals surface area contributed by atoms with Gasteiger partial charge in [0.2, 0.25) is 0 Å². The van der Waals surface area contributed by atoms with E-state index < -0.39 is 0 Å². The largest absolute Gasteiger partial charge is 0.337 e. The first-order valence-corrected chi connectivity index (χ1v) is 8.63. The van der Waals surface area contributed by atoms with Crippen LogP contribution in [0.1, 0.15) is 46.5 Å². The van der Waals surface area contributed by atoms with Gasteiger partial charge in [-0.25, -0.2) is 0 Å². The predicted molar refractivity (Wildman–Crippen MR) is 83.5 cm³/mol. The molecule has 0 saturated carbocycles. The number of thiophene rings is 1. The third-order valence-electron chi connectivity index (χ3n) is 4.86. The second kappa shape index (κ2) is 5.86. The molecule has 1 aromatic rings. The standard InChI is InChI=1S/C16H24N2OS/c1-12-13(2)20-11-15(12)16(19)18-9-5-6-14(10-18)17-7-3-4-8-17/h11,14H,3-10H2,1-2H3. The SMILES string of the molecule is Cc1scc(C(=O)N2CCCC(N3CCCC3)C2)c1C. The van der Waals surface area contributed by atoms with Crippen LogP contribution in [0, 0.1) is 13.8 Å². The molecule has 0 radical (unpaired) electrons. The maximum atomic E-state index is 12.7. The zero-order valence-corrected chi connectivity index (χ0v) is 13.3. The molecule has 0 bridgehead atoms. The average molecular weight is 292 g/mol. The van der Waals surface area contributed by atoms with Crippen LogP contribution >= 0.6 is 11.3 Å². The molecular weight excluding hydrogens is 268 g/mol. The Morgan fingerprint density at radius 3 is 2.60 bits per heavy atom. The van der Waals surface area contributed by atoms with E-state index in [2.05, 4.69) is 23.6 Å². The molecule has 1 aromatic heterocycles. The lowest BCUT2D eigenvalue weighted by molar-refractivity contribution is 0.0607. The number of rotatable bonds is 2. The quantitative estimate of drug-likeness (QED) is 0.836. The normalized spacial score (nSPS) is 24.3. The van der Waals surface area contributed by atoms with Crippen molar-refractivity contribution in [2.45, 2.75) is 45.6 Å². The lowest BCUT2D eigenvalue weighted by atomic mass is 10.0. The molecule has 2 fully saturated rings. The van der Waals surface area contributed by atoms with Crippen LogP contribution in [0.3, 0.4) is 0 Å². The summed E-state index contributed by atoms with van der Waals surface area (Å²) in [6.07, 6.45) is 5.06. The third-order valence-corrected chi connectivity index (χ3v) is 5.87. The molecule has 3 nitrogen and oxygen atoms in total. The predicted octanol–water partition coefficient (Wildman–Crippen LogP) is 3.07. The van der Waals surface area contributed by atoms with Crippen molar-refractivity contribution in [2.75, 3.05) is 26.2 Å². The number of piperidine rings is 1. The summed E-state index contributed by atoms with van der Waals surface area (Å²) in [5.74, 6) is 0.246. The van der Waals surface area contributed by atoms with E-state index in [4.69, 9.17) is 0 Å². The number of carbonyl (C=O) groups is 1. The van der Waals surface area contributed by atoms with Gasteiger partial charge in [-0.15, -0.1) is 11.3 Å². The minimum absolute atomic E-state index is 0.246. The molecular formula is C16H24N2OS. The van der Waals surface area contributed by atoms with Gasteiger partial charge < -0.3 is 4.90 Å². The van der Waals surface area contributed by atoms with Gasteiger partial charge in [-0.3, -0.25) is 9.69 Å². The van der Waals surface area contributed by atoms with E-state index in [0.29, 0.717) is 6.04 Å². The molecule has 3 heterocycles. The number of likely N-dealkylation sites (tertiary alicyclic amines) is 2. The van der Waals surface area contributed by atoms with E-state index in [-0.39, 0.29) is 5.91 Å². The van der Waals surface area contributed by atoms with E-state index >= 15 is 0 Å². The van der Waals surface area contributed by atoms with Crippen LogP contribution in [-0.2, 0) is 0 Å². The molecule has 1 unspecified atom stereocenters. The monoisotopic (exact) mass is 292 g/mol. The number of amides is 1. The third kappa shape index (κ3) is 2.63. The fourth-order valence-corrected chi connectivity index (χ4v) is 4.30. The van der Waals surface area contributed by atoms with Gasteiger partial charge in [0, 0.05) is 29.4 Å². The molecule has 1 amide bonds. The molecule has 4 heteroatoms. The Bertz CT molecular complexity index is 491. The van der Waals surface area contributed by atoms with E-state index in [1.54, 1.807) is 11.3 Å². The van der Waals surface area contributed by atoms with Gasteiger partial charge in [0.15, 0.2) is 0 Å². The van der Waals surface area contributed by atoms with Crippen molar-refractivity contribution in [1.82, 2.24) is 9.80 Å². The summed E-state index contributed by atoms with van der Waals surface area (Å²) in [5, 5.41) is 2.03. The smallest absolute Gasteiger partial charge is 0.255 e. The van der Waals surface area contributed by atoms with Crippen molar-refractivity contribution in [1.29, 1.82) is 0 Å². The Hall–Kier alpha value is -0.870. The number of carbonyl (C=O) groups excluding carboxylic acids is 1. The van der Waals surface area contributed by atoms with Gasteiger partial charge in [-0.2, -0.15) is 0 Å². The average Bonchev–Trinajstić information content (AvgIpc) is 3.10. The minimum Gasteiger partial charge on any atom is -0.337 e. The first kappa shape index (κ1) is 14.1. The number of hydrogen-bond donors (Lipinski definition) is 0. The van der Waals surface area contributed by atoms with Gasteiger partial charge in [-0.1, -0.05) is 0 Å². The summed E-state index contributed by atoms with van der Waals surface area (Å²) >= 11 is 1.69. The summed E-state index contributed by atoms with van der Waals surface area (Å²) in [4.78, 5) is 18.6. The Balaban J connectivity index is 1.70. The Morgan fingerprint density at radius 1 is 1.20 bits per heavy atom. The van der Waals surface area contributed by atoms with E-state index in [1.165, 1.54) is 42.8 Å². The molecule has 1 atom stereocenters. The van der Waals surface area contributed by atoms with Gasteiger partial charge >= 0.3 is 0 Å². The van der Waals surface area contributed by atoms with Crippen LogP contribution in [0.15, 0.2) is 5.38 Å². The fourth-order valence-electron chi connectivity index (χ4n) is 3.44. The Morgan fingerprint density at radius 2 is 1.95 bits per heavy atom. The van der Waals surface area contributed by atoms with Crippen LogP contribution in [0.4, 0.5) is 0 Å². The van der Waals surface area contributed by atoms with Gasteiger partial charge in [0.1, 0.15) is 0 Å². The van der Waals surface area contributed by atoms with Crippen LogP contribution in [-0.4, -0.2) is 47.9 Å². The van der Waals surface area contributed by atoms with Gasteiger partial charge in [0.05, 0.1) is 5.56 Å². The molecule has 0 aromatic carbocycles. The maximum Gasteiger partial charge on any atom is 0.255 e. The zero-order valence-electron chi connectivity index (χ0n) is 12.5. The molecule has 3 rings (SSSR count). The van der Waals surface area contributed by atoms with Gasteiger partial charge in [-0.05, 0) is 58.2 Å². The molecule has 0 N–H and O–H groups in total.